The van der Waals surface area contributed by atoms with E-state index in [1.54, 1.807) is 43.5 Å². The van der Waals surface area contributed by atoms with E-state index >= 15 is 0 Å². The molecule has 158 valence electrons. The molecule has 2 aromatic carbocycles. The Morgan fingerprint density at radius 1 is 0.968 bits per heavy atom. The van der Waals surface area contributed by atoms with Gasteiger partial charge in [0.25, 0.3) is 11.1 Å². The van der Waals surface area contributed by atoms with Gasteiger partial charge in [0.15, 0.2) is 0 Å². The van der Waals surface area contributed by atoms with Crippen molar-refractivity contribution in [1.82, 2.24) is 4.57 Å². The summed E-state index contributed by atoms with van der Waals surface area (Å²) in [6.07, 6.45) is 1.75. The van der Waals surface area contributed by atoms with Gasteiger partial charge in [-0.1, -0.05) is 23.2 Å². The molecule has 3 aromatic rings. The van der Waals surface area contributed by atoms with Gasteiger partial charge in [0.05, 0.1) is 23.4 Å². The summed E-state index contributed by atoms with van der Waals surface area (Å²) >= 11 is 13.0. The van der Waals surface area contributed by atoms with Gasteiger partial charge in [0.2, 0.25) is 0 Å². The molecule has 0 N–H and O–H groups in total. The highest BCUT2D eigenvalue weighted by Gasteiger charge is 2.36. The first-order valence-electron chi connectivity index (χ1n) is 9.36. The number of rotatable bonds is 4. The number of halogens is 2. The van der Waals surface area contributed by atoms with Crippen LogP contribution in [0.3, 0.4) is 0 Å². The fraction of sp³-hybridized carbons (Fsp3) is 0.130. The first-order chi connectivity index (χ1) is 14.8. The topological polar surface area (TPSA) is 51.5 Å². The molecule has 2 heterocycles. The molecule has 0 bridgehead atoms. The minimum atomic E-state index is -0.359. The molecule has 2 amide bonds. The molecular formula is C23H18Cl2N2O3S. The summed E-state index contributed by atoms with van der Waals surface area (Å²) < 4.78 is 7.51. The number of carbonyl (C=O) groups is 2. The molecule has 1 aliphatic heterocycles. The zero-order valence-electron chi connectivity index (χ0n) is 17.0. The number of methoxy groups -OCH3 is 1. The van der Waals surface area contributed by atoms with Crippen LogP contribution in [0.4, 0.5) is 10.5 Å². The number of amides is 2. The molecule has 1 saturated heterocycles. The van der Waals surface area contributed by atoms with Crippen molar-refractivity contribution in [2.24, 2.45) is 0 Å². The maximum atomic E-state index is 13.0. The first kappa shape index (κ1) is 21.6. The molecule has 0 radical (unpaired) electrons. The van der Waals surface area contributed by atoms with Gasteiger partial charge in [0.1, 0.15) is 5.75 Å². The Morgan fingerprint density at radius 2 is 1.65 bits per heavy atom. The van der Waals surface area contributed by atoms with Crippen molar-refractivity contribution in [3.8, 4) is 11.4 Å². The lowest BCUT2D eigenvalue weighted by Gasteiger charge is -2.14. The van der Waals surface area contributed by atoms with E-state index in [-0.39, 0.29) is 11.1 Å². The maximum absolute atomic E-state index is 13.0. The summed E-state index contributed by atoms with van der Waals surface area (Å²) in [7, 11) is 1.61. The third-order valence-corrected chi connectivity index (χ3v) is 6.37. The van der Waals surface area contributed by atoms with E-state index in [2.05, 4.69) is 0 Å². The van der Waals surface area contributed by atoms with Gasteiger partial charge in [-0.15, -0.1) is 0 Å². The number of thioether (sulfide) groups is 1. The van der Waals surface area contributed by atoms with Crippen molar-refractivity contribution in [2.45, 2.75) is 13.8 Å². The highest BCUT2D eigenvalue weighted by atomic mass is 35.5. The number of carbonyl (C=O) groups excluding carboxylic acids is 2. The quantitative estimate of drug-likeness (QED) is 0.398. The Balaban J connectivity index is 1.73. The number of hydrogen-bond acceptors (Lipinski definition) is 4. The highest BCUT2D eigenvalue weighted by molar-refractivity contribution is 8.19. The summed E-state index contributed by atoms with van der Waals surface area (Å²) in [5.41, 5.74) is 3.97. The lowest BCUT2D eigenvalue weighted by atomic mass is 10.2. The number of ether oxygens (including phenoxy) is 1. The zero-order chi connectivity index (χ0) is 22.3. The molecule has 31 heavy (non-hydrogen) atoms. The van der Waals surface area contributed by atoms with E-state index in [0.29, 0.717) is 26.4 Å². The Bertz CT molecular complexity index is 1230. The summed E-state index contributed by atoms with van der Waals surface area (Å²) in [5, 5.41) is 0.785. The predicted octanol–water partition coefficient (Wildman–Crippen LogP) is 6.65. The number of anilines is 1. The van der Waals surface area contributed by atoms with Gasteiger partial charge < -0.3 is 9.30 Å². The minimum absolute atomic E-state index is 0.344. The molecule has 5 nitrogen and oxygen atoms in total. The summed E-state index contributed by atoms with van der Waals surface area (Å²) in [6, 6.07) is 14.0. The highest BCUT2D eigenvalue weighted by Crippen LogP contribution is 2.37. The molecule has 1 aromatic heterocycles. The average Bonchev–Trinajstić information content (AvgIpc) is 3.17. The molecule has 1 aliphatic rings. The predicted molar refractivity (Wildman–Crippen MR) is 127 cm³/mol. The van der Waals surface area contributed by atoms with E-state index in [9.17, 15) is 9.59 Å². The van der Waals surface area contributed by atoms with Crippen LogP contribution >= 0.6 is 35.0 Å². The molecule has 1 fully saturated rings. The molecule has 0 aliphatic carbocycles. The normalized spacial score (nSPS) is 15.3. The Morgan fingerprint density at radius 3 is 2.32 bits per heavy atom. The summed E-state index contributed by atoms with van der Waals surface area (Å²) in [5.74, 6) is 0.322. The number of aryl methyl sites for hydroxylation is 1. The number of nitrogens with zero attached hydrogens (tertiary/aromatic N) is 2. The smallest absolute Gasteiger partial charge is 0.298 e. The van der Waals surface area contributed by atoms with Gasteiger partial charge in [-0.05, 0) is 85.8 Å². The van der Waals surface area contributed by atoms with Gasteiger partial charge >= 0.3 is 0 Å². The average molecular weight is 473 g/mol. The van der Waals surface area contributed by atoms with Crippen molar-refractivity contribution in [2.75, 3.05) is 12.0 Å². The van der Waals surface area contributed by atoms with Crippen LogP contribution in [0.15, 0.2) is 53.4 Å². The van der Waals surface area contributed by atoms with Crippen LogP contribution < -0.4 is 9.64 Å². The molecule has 0 atom stereocenters. The van der Waals surface area contributed by atoms with Crippen LogP contribution in [0.5, 0.6) is 5.75 Å². The summed E-state index contributed by atoms with van der Waals surface area (Å²) in [6.45, 7) is 3.91. The van der Waals surface area contributed by atoms with Crippen LogP contribution in [0.1, 0.15) is 17.0 Å². The number of benzene rings is 2. The van der Waals surface area contributed by atoms with E-state index in [1.165, 1.54) is 0 Å². The lowest BCUT2D eigenvalue weighted by Crippen LogP contribution is -2.27. The fourth-order valence-corrected chi connectivity index (χ4v) is 4.69. The largest absolute Gasteiger partial charge is 0.495 e. The lowest BCUT2D eigenvalue weighted by molar-refractivity contribution is -0.113. The van der Waals surface area contributed by atoms with Gasteiger partial charge in [-0.2, -0.15) is 0 Å². The van der Waals surface area contributed by atoms with Crippen molar-refractivity contribution >= 4 is 57.9 Å². The van der Waals surface area contributed by atoms with E-state index < -0.39 is 0 Å². The van der Waals surface area contributed by atoms with Crippen LogP contribution in [0, 0.1) is 13.8 Å². The van der Waals surface area contributed by atoms with Gasteiger partial charge in [0, 0.05) is 21.4 Å². The van der Waals surface area contributed by atoms with Crippen molar-refractivity contribution in [3.05, 3.63) is 80.4 Å². The second-order valence-electron chi connectivity index (χ2n) is 6.97. The summed E-state index contributed by atoms with van der Waals surface area (Å²) in [4.78, 5) is 27.0. The molecule has 0 spiro atoms. The second-order valence-corrected chi connectivity index (χ2v) is 8.84. The molecule has 0 unspecified atom stereocenters. The molecular weight excluding hydrogens is 455 g/mol. The third kappa shape index (κ3) is 3.99. The van der Waals surface area contributed by atoms with Crippen molar-refractivity contribution < 1.29 is 14.3 Å². The SMILES string of the molecule is COc1ccc(Cl)cc1-n1c(C)cc(/C=C2/SC(=O)N(c3ccc(Cl)cc3)C2=O)c1C. The van der Waals surface area contributed by atoms with Crippen LogP contribution in [-0.4, -0.2) is 22.8 Å². The zero-order valence-corrected chi connectivity index (χ0v) is 19.3. The standard InChI is InChI=1S/C23H18Cl2N2O3S/c1-13-10-15(14(2)26(13)19-12-17(25)6-9-20(19)30-3)11-21-22(28)27(23(29)31-21)18-7-4-16(24)5-8-18/h4-12H,1-3H3/b21-11+. The van der Waals surface area contributed by atoms with Crippen molar-refractivity contribution in [1.29, 1.82) is 0 Å². The number of aromatic nitrogens is 1. The Kier molecular flexibility index (Phi) is 5.88. The van der Waals surface area contributed by atoms with E-state index in [4.69, 9.17) is 27.9 Å². The van der Waals surface area contributed by atoms with Crippen LogP contribution in [0.2, 0.25) is 10.0 Å². The first-order valence-corrected chi connectivity index (χ1v) is 10.9. The number of hydrogen-bond donors (Lipinski definition) is 0. The fourth-order valence-electron chi connectivity index (χ4n) is 3.56. The van der Waals surface area contributed by atoms with Gasteiger partial charge in [-0.25, -0.2) is 4.90 Å². The Hall–Kier alpha value is -2.67. The molecule has 4 rings (SSSR count). The second kappa shape index (κ2) is 8.46. The van der Waals surface area contributed by atoms with Gasteiger partial charge in [-0.3, -0.25) is 9.59 Å². The molecule has 8 heteroatoms. The maximum Gasteiger partial charge on any atom is 0.298 e. The third-order valence-electron chi connectivity index (χ3n) is 5.02. The van der Waals surface area contributed by atoms with E-state index in [0.717, 1.165) is 39.3 Å². The number of imide groups is 1. The Labute approximate surface area is 194 Å². The van der Waals surface area contributed by atoms with E-state index in [1.807, 2.05) is 36.6 Å². The van der Waals surface area contributed by atoms with Crippen molar-refractivity contribution in [3.63, 3.8) is 0 Å². The minimum Gasteiger partial charge on any atom is -0.495 e. The van der Waals surface area contributed by atoms with Crippen LogP contribution in [0.25, 0.3) is 11.8 Å². The molecule has 0 saturated carbocycles. The van der Waals surface area contributed by atoms with Crippen LogP contribution in [-0.2, 0) is 4.79 Å². The monoisotopic (exact) mass is 472 g/mol.